The zero-order valence-corrected chi connectivity index (χ0v) is 21.0. The fourth-order valence-corrected chi connectivity index (χ4v) is 5.37. The number of aryl methyl sites for hydroxylation is 1. The van der Waals surface area contributed by atoms with Gasteiger partial charge in [0.25, 0.3) is 11.9 Å². The van der Waals surface area contributed by atoms with E-state index in [1.165, 1.54) is 0 Å². The van der Waals surface area contributed by atoms with E-state index in [0.717, 1.165) is 35.0 Å². The van der Waals surface area contributed by atoms with Gasteiger partial charge in [0.2, 0.25) is 5.95 Å². The number of hydrogen-bond donors (Lipinski definition) is 1. The highest BCUT2D eigenvalue weighted by molar-refractivity contribution is 5.85. The second kappa shape index (κ2) is 10.0. The molecule has 4 heterocycles. The molecule has 2 fully saturated rings. The highest BCUT2D eigenvalue weighted by atomic mass is 19.1. The Labute approximate surface area is 210 Å². The first-order valence-corrected chi connectivity index (χ1v) is 12.7. The van der Waals surface area contributed by atoms with Crippen LogP contribution >= 0.6 is 0 Å². The quantitative estimate of drug-likeness (QED) is 0.560. The minimum atomic E-state index is -1.81. The number of hydrogen-bond acceptors (Lipinski definition) is 7. The summed E-state index contributed by atoms with van der Waals surface area (Å²) in [4.78, 5) is 29.8. The molecule has 0 spiro atoms. The lowest BCUT2D eigenvalue weighted by Gasteiger charge is -2.40. The van der Waals surface area contributed by atoms with E-state index in [4.69, 9.17) is 15.5 Å². The molecule has 1 amide bonds. The smallest absolute Gasteiger partial charge is 0.297 e. The second-order valence-electron chi connectivity index (χ2n) is 9.90. The Morgan fingerprint density at radius 1 is 1.17 bits per heavy atom. The fourth-order valence-electron chi connectivity index (χ4n) is 5.37. The minimum Gasteiger partial charge on any atom is -0.465 e. The lowest BCUT2D eigenvalue weighted by molar-refractivity contribution is -0.148. The molecule has 9 nitrogen and oxygen atoms in total. The number of fused-ring (bicyclic) bond motifs is 1. The summed E-state index contributed by atoms with van der Waals surface area (Å²) in [6.45, 7) is 7.24. The lowest BCUT2D eigenvalue weighted by Crippen LogP contribution is -2.53. The topological polar surface area (TPSA) is 102 Å². The molecule has 3 aromatic rings. The van der Waals surface area contributed by atoms with E-state index in [-0.39, 0.29) is 30.7 Å². The Hall–Kier alpha value is -3.27. The number of piperidine rings is 2. The van der Waals surface area contributed by atoms with Crippen molar-refractivity contribution < 1.29 is 13.9 Å². The Bertz CT molecular complexity index is 1210. The Balaban J connectivity index is 1.20. The zero-order valence-electron chi connectivity index (χ0n) is 21.0. The van der Waals surface area contributed by atoms with Crippen LogP contribution in [0.15, 0.2) is 30.6 Å². The molecule has 0 radical (unpaired) electrons. The highest BCUT2D eigenvalue weighted by Crippen LogP contribution is 2.35. The van der Waals surface area contributed by atoms with Gasteiger partial charge in [-0.1, -0.05) is 6.07 Å². The van der Waals surface area contributed by atoms with Gasteiger partial charge in [-0.15, -0.1) is 0 Å². The average Bonchev–Trinajstić information content (AvgIpc) is 3.23. The van der Waals surface area contributed by atoms with Crippen molar-refractivity contribution in [3.63, 3.8) is 0 Å². The van der Waals surface area contributed by atoms with Crippen LogP contribution in [0.1, 0.15) is 49.8 Å². The van der Waals surface area contributed by atoms with Gasteiger partial charge in [-0.2, -0.15) is 4.98 Å². The minimum absolute atomic E-state index is 0.155. The van der Waals surface area contributed by atoms with Gasteiger partial charge in [-0.05, 0) is 44.4 Å². The van der Waals surface area contributed by atoms with E-state index in [0.29, 0.717) is 45.3 Å². The van der Waals surface area contributed by atoms with E-state index >= 15 is 4.39 Å². The van der Waals surface area contributed by atoms with Crippen molar-refractivity contribution in [1.82, 2.24) is 29.3 Å². The van der Waals surface area contributed by atoms with Crippen LogP contribution in [0.3, 0.4) is 0 Å². The number of nitrogens with zero attached hydrogens (tertiary/aromatic N) is 6. The SMILES string of the molecule is CCOc1nc2cc(C)ccc2n1C1CCN(C(=O)C2(F)CCN(Cc3cnc(N)nc3)CC2)CC1. The van der Waals surface area contributed by atoms with Crippen molar-refractivity contribution in [3.05, 3.63) is 41.7 Å². The van der Waals surface area contributed by atoms with Crippen molar-refractivity contribution in [2.45, 2.75) is 57.8 Å². The predicted octanol–water partition coefficient (Wildman–Crippen LogP) is 3.28. The molecule has 1 aromatic carbocycles. The third-order valence-electron chi connectivity index (χ3n) is 7.37. The molecule has 0 unspecified atom stereocenters. The summed E-state index contributed by atoms with van der Waals surface area (Å²) in [5, 5.41) is 0. The normalized spacial score (nSPS) is 19.0. The molecule has 0 aliphatic carbocycles. The highest BCUT2D eigenvalue weighted by Gasteiger charge is 2.45. The summed E-state index contributed by atoms with van der Waals surface area (Å²) in [5.74, 6) is -0.132. The summed E-state index contributed by atoms with van der Waals surface area (Å²) in [5.41, 5.74) is 7.77. The number of nitrogens with two attached hydrogens (primary N) is 1. The summed E-state index contributed by atoms with van der Waals surface area (Å²) in [7, 11) is 0. The van der Waals surface area contributed by atoms with E-state index in [1.54, 1.807) is 17.3 Å². The Morgan fingerprint density at radius 3 is 2.53 bits per heavy atom. The van der Waals surface area contributed by atoms with E-state index in [9.17, 15) is 4.79 Å². The number of carbonyl (C=O) groups excluding carboxylic acids is 1. The van der Waals surface area contributed by atoms with Gasteiger partial charge in [-0.25, -0.2) is 14.4 Å². The van der Waals surface area contributed by atoms with Gasteiger partial charge >= 0.3 is 0 Å². The maximum absolute atomic E-state index is 15.8. The number of imidazole rings is 1. The number of anilines is 1. The third-order valence-corrected chi connectivity index (χ3v) is 7.37. The van der Waals surface area contributed by atoms with Crippen LogP contribution in [0.2, 0.25) is 0 Å². The molecule has 36 heavy (non-hydrogen) atoms. The third kappa shape index (κ3) is 4.86. The van der Waals surface area contributed by atoms with Crippen LogP contribution in [-0.2, 0) is 11.3 Å². The lowest BCUT2D eigenvalue weighted by atomic mass is 9.90. The Kier molecular flexibility index (Phi) is 6.79. The van der Waals surface area contributed by atoms with E-state index in [2.05, 4.69) is 37.6 Å². The number of nitrogen functional groups attached to an aromatic ring is 1. The number of likely N-dealkylation sites (tertiary alicyclic amines) is 2. The van der Waals surface area contributed by atoms with Gasteiger partial charge in [-0.3, -0.25) is 14.3 Å². The monoisotopic (exact) mass is 495 g/mol. The van der Waals surface area contributed by atoms with Gasteiger partial charge in [0, 0.05) is 69.6 Å². The standard InChI is InChI=1S/C26H34FN7O2/c1-3-36-25-31-21-14-18(2)4-5-22(21)34(25)20-6-10-33(11-7-20)23(35)26(27)8-12-32(13-9-26)17-19-15-29-24(28)30-16-19/h4-5,14-16,20H,3,6-13,17H2,1-2H3,(H2,28,29,30). The molecule has 0 atom stereocenters. The number of amides is 1. The predicted molar refractivity (Wildman–Crippen MR) is 135 cm³/mol. The van der Waals surface area contributed by atoms with Crippen molar-refractivity contribution in [2.75, 3.05) is 38.5 Å². The molecular weight excluding hydrogens is 461 g/mol. The largest absolute Gasteiger partial charge is 0.465 e. The van der Waals surface area contributed by atoms with Crippen molar-refractivity contribution in [2.24, 2.45) is 0 Å². The number of aromatic nitrogens is 4. The van der Waals surface area contributed by atoms with Gasteiger partial charge in [0.15, 0.2) is 5.67 Å². The van der Waals surface area contributed by atoms with Gasteiger partial charge in [0.05, 0.1) is 17.6 Å². The van der Waals surface area contributed by atoms with Gasteiger partial charge in [0.1, 0.15) is 0 Å². The fraction of sp³-hybridized carbons (Fsp3) is 0.538. The molecule has 2 aliphatic rings. The van der Waals surface area contributed by atoms with Crippen molar-refractivity contribution in [1.29, 1.82) is 0 Å². The van der Waals surface area contributed by atoms with Crippen LogP contribution < -0.4 is 10.5 Å². The number of carbonyl (C=O) groups is 1. The number of rotatable bonds is 6. The number of ether oxygens (including phenoxy) is 1. The zero-order chi connectivity index (χ0) is 25.3. The summed E-state index contributed by atoms with van der Waals surface area (Å²) in [6.07, 6.45) is 5.26. The Morgan fingerprint density at radius 2 is 1.86 bits per heavy atom. The molecule has 2 aromatic heterocycles. The second-order valence-corrected chi connectivity index (χ2v) is 9.90. The maximum atomic E-state index is 15.8. The molecule has 10 heteroatoms. The first-order valence-electron chi connectivity index (χ1n) is 12.7. The van der Waals surface area contributed by atoms with E-state index < -0.39 is 5.67 Å². The average molecular weight is 496 g/mol. The van der Waals surface area contributed by atoms with Crippen LogP contribution in [0.25, 0.3) is 11.0 Å². The molecular formula is C26H34FN7O2. The molecule has 2 N–H and O–H groups in total. The number of halogens is 1. The van der Waals surface area contributed by atoms with Crippen molar-refractivity contribution >= 4 is 22.9 Å². The van der Waals surface area contributed by atoms with E-state index in [1.807, 2.05) is 13.8 Å². The first kappa shape index (κ1) is 24.4. The van der Waals surface area contributed by atoms with Crippen molar-refractivity contribution in [3.8, 4) is 6.01 Å². The number of benzene rings is 1. The van der Waals surface area contributed by atoms with Crippen LogP contribution in [0.5, 0.6) is 6.01 Å². The van der Waals surface area contributed by atoms with Crippen LogP contribution in [0, 0.1) is 6.92 Å². The number of alkyl halides is 1. The van der Waals surface area contributed by atoms with Crippen LogP contribution in [0.4, 0.5) is 10.3 Å². The summed E-state index contributed by atoms with van der Waals surface area (Å²) in [6, 6.07) is 6.99. The summed E-state index contributed by atoms with van der Waals surface area (Å²) < 4.78 is 23.8. The molecule has 0 saturated carbocycles. The maximum Gasteiger partial charge on any atom is 0.297 e. The molecule has 5 rings (SSSR count). The molecule has 2 saturated heterocycles. The van der Waals surface area contributed by atoms with Crippen LogP contribution in [-0.4, -0.2) is 73.7 Å². The summed E-state index contributed by atoms with van der Waals surface area (Å²) >= 11 is 0. The molecule has 0 bridgehead atoms. The first-order chi connectivity index (χ1) is 17.4. The molecule has 2 aliphatic heterocycles. The molecule has 192 valence electrons. The van der Waals surface area contributed by atoms with Gasteiger partial charge < -0.3 is 15.4 Å².